The van der Waals surface area contributed by atoms with E-state index in [1.165, 1.54) is 6.08 Å². The zero-order valence-electron chi connectivity index (χ0n) is 15.8. The van der Waals surface area contributed by atoms with Crippen LogP contribution in [0.4, 0.5) is 0 Å². The lowest BCUT2D eigenvalue weighted by Gasteiger charge is -2.10. The molecule has 3 rings (SSSR count). The highest BCUT2D eigenvalue weighted by atomic mass is 32.2. The van der Waals surface area contributed by atoms with E-state index in [1.807, 2.05) is 20.8 Å². The zero-order valence-corrected chi connectivity index (χ0v) is 16.6. The Balaban J connectivity index is 1.78. The molecule has 1 aliphatic rings. The summed E-state index contributed by atoms with van der Waals surface area (Å²) < 4.78 is 30.7. The molecule has 2 heterocycles. The van der Waals surface area contributed by atoms with E-state index in [4.69, 9.17) is 4.74 Å². The molecule has 0 spiro atoms. The van der Waals surface area contributed by atoms with E-state index in [2.05, 4.69) is 5.10 Å². The first-order valence-electron chi connectivity index (χ1n) is 9.02. The molecule has 1 aliphatic heterocycles. The second-order valence-electron chi connectivity index (χ2n) is 6.74. The predicted molar refractivity (Wildman–Crippen MR) is 105 cm³/mol. The van der Waals surface area contributed by atoms with Gasteiger partial charge in [0.2, 0.25) is 0 Å². The molecule has 27 heavy (non-hydrogen) atoms. The summed E-state index contributed by atoms with van der Waals surface area (Å²) in [4.78, 5) is 12.4. The van der Waals surface area contributed by atoms with Gasteiger partial charge in [-0.2, -0.15) is 5.10 Å². The Kier molecular flexibility index (Phi) is 5.51. The van der Waals surface area contributed by atoms with Crippen LogP contribution in [0.3, 0.4) is 0 Å². The maximum absolute atomic E-state index is 12.4. The molecule has 0 radical (unpaired) electrons. The fourth-order valence-electron chi connectivity index (χ4n) is 3.38. The second kappa shape index (κ2) is 7.68. The molecule has 144 valence electrons. The highest BCUT2D eigenvalue weighted by molar-refractivity contribution is 7.91. The van der Waals surface area contributed by atoms with Crippen LogP contribution in [0, 0.1) is 13.8 Å². The van der Waals surface area contributed by atoms with Crippen molar-refractivity contribution in [2.24, 2.45) is 0 Å². The summed E-state index contributed by atoms with van der Waals surface area (Å²) in [6, 6.07) is 6.91. The molecular weight excluding hydrogens is 364 g/mol. The number of ether oxygens (including phenoxy) is 1. The lowest BCUT2D eigenvalue weighted by molar-refractivity contribution is 0.104. The number of hydrogen-bond acceptors (Lipinski definition) is 5. The topological polar surface area (TPSA) is 78.3 Å². The SMILES string of the molecule is CCOc1ccc(C(=O)/C=C/c2c(C)nn([C@@H]3CCS(=O)(=O)C3)c2C)cc1. The van der Waals surface area contributed by atoms with E-state index in [1.54, 1.807) is 35.0 Å². The van der Waals surface area contributed by atoms with Gasteiger partial charge in [-0.3, -0.25) is 9.48 Å². The van der Waals surface area contributed by atoms with Gasteiger partial charge in [0.05, 0.1) is 29.8 Å². The smallest absolute Gasteiger partial charge is 0.185 e. The number of nitrogens with zero attached hydrogens (tertiary/aromatic N) is 2. The van der Waals surface area contributed by atoms with Crippen LogP contribution in [0.15, 0.2) is 30.3 Å². The molecule has 6 nitrogen and oxygen atoms in total. The van der Waals surface area contributed by atoms with Gasteiger partial charge in [-0.15, -0.1) is 0 Å². The fourth-order valence-corrected chi connectivity index (χ4v) is 5.07. The molecule has 1 atom stereocenters. The molecule has 0 N–H and O–H groups in total. The van der Waals surface area contributed by atoms with E-state index >= 15 is 0 Å². The number of aromatic nitrogens is 2. The van der Waals surface area contributed by atoms with Crippen LogP contribution in [0.5, 0.6) is 5.75 Å². The van der Waals surface area contributed by atoms with E-state index in [0.29, 0.717) is 18.6 Å². The van der Waals surface area contributed by atoms with E-state index in [0.717, 1.165) is 22.7 Å². The van der Waals surface area contributed by atoms with Crippen LogP contribution in [0.1, 0.15) is 46.7 Å². The molecule has 2 aromatic rings. The second-order valence-corrected chi connectivity index (χ2v) is 8.97. The van der Waals surface area contributed by atoms with Crippen molar-refractivity contribution in [3.8, 4) is 5.75 Å². The maximum Gasteiger partial charge on any atom is 0.185 e. The van der Waals surface area contributed by atoms with Crippen molar-refractivity contribution in [1.82, 2.24) is 9.78 Å². The number of allylic oxidation sites excluding steroid dienone is 1. The van der Waals surface area contributed by atoms with Crippen LogP contribution in [-0.4, -0.2) is 42.1 Å². The molecule has 0 amide bonds. The lowest BCUT2D eigenvalue weighted by Crippen LogP contribution is -2.13. The first-order valence-corrected chi connectivity index (χ1v) is 10.8. The Morgan fingerprint density at radius 3 is 2.59 bits per heavy atom. The lowest BCUT2D eigenvalue weighted by atomic mass is 10.1. The molecule has 1 aromatic heterocycles. The molecule has 0 bridgehead atoms. The summed E-state index contributed by atoms with van der Waals surface area (Å²) in [5, 5.41) is 4.51. The number of carbonyl (C=O) groups excluding carboxylic acids is 1. The van der Waals surface area contributed by atoms with Gasteiger partial charge in [0, 0.05) is 16.8 Å². The summed E-state index contributed by atoms with van der Waals surface area (Å²) in [6.45, 7) is 6.27. The van der Waals surface area contributed by atoms with Crippen molar-refractivity contribution < 1.29 is 17.9 Å². The van der Waals surface area contributed by atoms with Gasteiger partial charge in [0.15, 0.2) is 15.6 Å². The van der Waals surface area contributed by atoms with Crippen LogP contribution in [0.2, 0.25) is 0 Å². The third-order valence-corrected chi connectivity index (χ3v) is 6.54. The summed E-state index contributed by atoms with van der Waals surface area (Å²) in [7, 11) is -2.98. The number of aryl methyl sites for hydroxylation is 1. The van der Waals surface area contributed by atoms with Crippen molar-refractivity contribution in [3.63, 3.8) is 0 Å². The fraction of sp³-hybridized carbons (Fsp3) is 0.400. The molecule has 1 aromatic carbocycles. The molecule has 7 heteroatoms. The summed E-state index contributed by atoms with van der Waals surface area (Å²) in [5.41, 5.74) is 3.11. The van der Waals surface area contributed by atoms with Crippen LogP contribution < -0.4 is 4.74 Å². The quantitative estimate of drug-likeness (QED) is 0.561. The van der Waals surface area contributed by atoms with Gasteiger partial charge >= 0.3 is 0 Å². The van der Waals surface area contributed by atoms with Crippen LogP contribution in [0.25, 0.3) is 6.08 Å². The van der Waals surface area contributed by atoms with Gasteiger partial charge < -0.3 is 4.74 Å². The number of rotatable bonds is 6. The zero-order chi connectivity index (χ0) is 19.6. The monoisotopic (exact) mass is 388 g/mol. The highest BCUT2D eigenvalue weighted by Gasteiger charge is 2.31. The predicted octanol–water partition coefficient (Wildman–Crippen LogP) is 3.15. The molecule has 0 saturated carbocycles. The standard InChI is InChI=1S/C20H24N2O4S/c1-4-26-18-7-5-16(6-8-18)20(23)10-9-19-14(2)21-22(15(19)3)17-11-12-27(24,25)13-17/h5-10,17H,4,11-13H2,1-3H3/b10-9+/t17-/m1/s1. The van der Waals surface area contributed by atoms with Gasteiger partial charge in [-0.1, -0.05) is 0 Å². The largest absolute Gasteiger partial charge is 0.494 e. The van der Waals surface area contributed by atoms with Crippen molar-refractivity contribution >= 4 is 21.7 Å². The van der Waals surface area contributed by atoms with Gasteiger partial charge in [-0.05, 0) is 63.6 Å². The molecule has 0 aliphatic carbocycles. The molecule has 0 unspecified atom stereocenters. The van der Waals surface area contributed by atoms with Gasteiger partial charge in [0.25, 0.3) is 0 Å². The normalized spacial score (nSPS) is 18.9. The first kappa shape index (κ1) is 19.4. The van der Waals surface area contributed by atoms with E-state index < -0.39 is 9.84 Å². The van der Waals surface area contributed by atoms with Crippen molar-refractivity contribution in [1.29, 1.82) is 0 Å². The average Bonchev–Trinajstić information content (AvgIpc) is 3.13. The molecular formula is C20H24N2O4S. The van der Waals surface area contributed by atoms with Gasteiger partial charge in [-0.25, -0.2) is 8.42 Å². The van der Waals surface area contributed by atoms with Crippen molar-refractivity contribution in [2.45, 2.75) is 33.2 Å². The molecule has 1 saturated heterocycles. The average molecular weight is 388 g/mol. The third-order valence-electron chi connectivity index (χ3n) is 4.79. The molecule has 1 fully saturated rings. The van der Waals surface area contributed by atoms with Crippen LogP contribution >= 0.6 is 0 Å². The number of sulfone groups is 1. The van der Waals surface area contributed by atoms with E-state index in [9.17, 15) is 13.2 Å². The number of ketones is 1. The number of carbonyl (C=O) groups is 1. The Morgan fingerprint density at radius 2 is 2.00 bits per heavy atom. The number of benzene rings is 1. The Bertz CT molecular complexity index is 972. The van der Waals surface area contributed by atoms with Crippen molar-refractivity contribution in [2.75, 3.05) is 18.1 Å². The highest BCUT2D eigenvalue weighted by Crippen LogP contribution is 2.27. The summed E-state index contributed by atoms with van der Waals surface area (Å²) in [6.07, 6.45) is 3.87. The minimum atomic E-state index is -2.98. The van der Waals surface area contributed by atoms with Crippen LogP contribution in [-0.2, 0) is 9.84 Å². The maximum atomic E-state index is 12.4. The first-order chi connectivity index (χ1) is 12.8. The van der Waals surface area contributed by atoms with E-state index in [-0.39, 0.29) is 23.3 Å². The Morgan fingerprint density at radius 1 is 1.30 bits per heavy atom. The third kappa shape index (κ3) is 4.30. The number of hydrogen-bond donors (Lipinski definition) is 0. The Labute approximate surface area is 159 Å². The minimum Gasteiger partial charge on any atom is -0.494 e. The minimum absolute atomic E-state index is 0.104. The van der Waals surface area contributed by atoms with Crippen molar-refractivity contribution in [3.05, 3.63) is 52.9 Å². The Hall–Kier alpha value is -2.41. The van der Waals surface area contributed by atoms with Gasteiger partial charge in [0.1, 0.15) is 5.75 Å². The summed E-state index contributed by atoms with van der Waals surface area (Å²) in [5.74, 6) is 0.964. The summed E-state index contributed by atoms with van der Waals surface area (Å²) >= 11 is 0.